The Labute approximate surface area is 120 Å². The molecular formula is C15H22N2OS. The van der Waals surface area contributed by atoms with E-state index in [1.165, 1.54) is 12.0 Å². The Morgan fingerprint density at radius 1 is 1.26 bits per heavy atom. The standard InChI is InChI=1S/C15H22N2OS/c1-11-7-9-12(10-8-11)16-15(19)17(2)13-5-3-4-6-14(13)18/h7-10,13-14,18H,3-6H2,1-2H3,(H,16,19)/t13-,14-/m1/s1. The first-order valence-electron chi connectivity index (χ1n) is 6.86. The van der Waals surface area contributed by atoms with Crippen LogP contribution >= 0.6 is 12.2 Å². The van der Waals surface area contributed by atoms with Crippen LogP contribution in [0.3, 0.4) is 0 Å². The minimum atomic E-state index is -0.267. The number of aliphatic hydroxyl groups excluding tert-OH is 1. The van der Waals surface area contributed by atoms with Gasteiger partial charge in [0.25, 0.3) is 0 Å². The van der Waals surface area contributed by atoms with E-state index in [1.807, 2.05) is 24.1 Å². The lowest BCUT2D eigenvalue weighted by atomic mass is 9.92. The van der Waals surface area contributed by atoms with Gasteiger partial charge in [-0.1, -0.05) is 30.5 Å². The summed E-state index contributed by atoms with van der Waals surface area (Å²) in [6.45, 7) is 2.06. The van der Waals surface area contributed by atoms with Crippen molar-refractivity contribution in [1.82, 2.24) is 4.90 Å². The number of rotatable bonds is 2. The minimum Gasteiger partial charge on any atom is -0.391 e. The van der Waals surface area contributed by atoms with Crippen LogP contribution in [0, 0.1) is 6.92 Å². The first-order chi connectivity index (χ1) is 9.08. The summed E-state index contributed by atoms with van der Waals surface area (Å²) in [6.07, 6.45) is 3.90. The molecule has 1 fully saturated rings. The number of anilines is 1. The normalized spacial score (nSPS) is 22.9. The van der Waals surface area contributed by atoms with Gasteiger partial charge in [0.1, 0.15) is 0 Å². The van der Waals surface area contributed by atoms with Gasteiger partial charge in [0, 0.05) is 12.7 Å². The summed E-state index contributed by atoms with van der Waals surface area (Å²) >= 11 is 5.43. The summed E-state index contributed by atoms with van der Waals surface area (Å²) in [5.41, 5.74) is 2.22. The molecule has 4 heteroatoms. The van der Waals surface area contributed by atoms with Gasteiger partial charge in [-0.15, -0.1) is 0 Å². The van der Waals surface area contributed by atoms with Crippen LogP contribution in [0.1, 0.15) is 31.2 Å². The van der Waals surface area contributed by atoms with Gasteiger partial charge >= 0.3 is 0 Å². The predicted octanol–water partition coefficient (Wildman–Crippen LogP) is 2.93. The molecular weight excluding hydrogens is 256 g/mol. The van der Waals surface area contributed by atoms with Crippen molar-refractivity contribution in [3.63, 3.8) is 0 Å². The van der Waals surface area contributed by atoms with Gasteiger partial charge in [-0.2, -0.15) is 0 Å². The summed E-state index contributed by atoms with van der Waals surface area (Å²) in [6, 6.07) is 8.29. The molecule has 0 radical (unpaired) electrons. The van der Waals surface area contributed by atoms with E-state index in [1.54, 1.807) is 0 Å². The second-order valence-electron chi connectivity index (χ2n) is 5.33. The summed E-state index contributed by atoms with van der Waals surface area (Å²) in [5, 5.41) is 14.0. The van der Waals surface area contributed by atoms with E-state index in [0.29, 0.717) is 5.11 Å². The Bertz CT molecular complexity index is 432. The molecule has 0 spiro atoms. The average molecular weight is 278 g/mol. The minimum absolute atomic E-state index is 0.138. The van der Waals surface area contributed by atoms with E-state index in [2.05, 4.69) is 24.4 Å². The van der Waals surface area contributed by atoms with Crippen molar-refractivity contribution in [2.24, 2.45) is 0 Å². The zero-order valence-electron chi connectivity index (χ0n) is 11.6. The van der Waals surface area contributed by atoms with Crippen LogP contribution < -0.4 is 5.32 Å². The number of aliphatic hydroxyl groups is 1. The van der Waals surface area contributed by atoms with E-state index in [9.17, 15) is 5.11 Å². The lowest BCUT2D eigenvalue weighted by Gasteiger charge is -2.36. The molecule has 0 saturated heterocycles. The fourth-order valence-electron chi connectivity index (χ4n) is 2.54. The lowest BCUT2D eigenvalue weighted by molar-refractivity contribution is 0.0602. The van der Waals surface area contributed by atoms with Crippen LogP contribution in [0.5, 0.6) is 0 Å². The number of hydrogen-bond acceptors (Lipinski definition) is 2. The molecule has 2 N–H and O–H groups in total. The molecule has 2 rings (SSSR count). The first kappa shape index (κ1) is 14.3. The number of nitrogens with one attached hydrogen (secondary N) is 1. The number of benzene rings is 1. The van der Waals surface area contributed by atoms with E-state index in [-0.39, 0.29) is 12.1 Å². The Morgan fingerprint density at radius 2 is 1.89 bits per heavy atom. The van der Waals surface area contributed by atoms with Crippen molar-refractivity contribution >= 4 is 23.0 Å². The molecule has 0 aromatic heterocycles. The molecule has 0 heterocycles. The highest BCUT2D eigenvalue weighted by Crippen LogP contribution is 2.23. The number of nitrogens with zero attached hydrogens (tertiary/aromatic N) is 1. The van der Waals surface area contributed by atoms with Crippen LogP contribution in [0.4, 0.5) is 5.69 Å². The second-order valence-corrected chi connectivity index (χ2v) is 5.71. The maximum Gasteiger partial charge on any atom is 0.173 e. The van der Waals surface area contributed by atoms with Crippen LogP contribution in [-0.2, 0) is 0 Å². The maximum atomic E-state index is 10.1. The Balaban J connectivity index is 1.96. The number of hydrogen-bond donors (Lipinski definition) is 2. The molecule has 0 bridgehead atoms. The third kappa shape index (κ3) is 3.67. The molecule has 0 amide bonds. The van der Waals surface area contributed by atoms with Gasteiger partial charge < -0.3 is 15.3 Å². The average Bonchev–Trinajstić information content (AvgIpc) is 2.41. The Hall–Kier alpha value is -1.13. The van der Waals surface area contributed by atoms with Crippen LogP contribution in [0.15, 0.2) is 24.3 Å². The Kier molecular flexibility index (Phi) is 4.77. The monoisotopic (exact) mass is 278 g/mol. The van der Waals surface area contributed by atoms with Gasteiger partial charge in [-0.05, 0) is 44.1 Å². The van der Waals surface area contributed by atoms with Crippen molar-refractivity contribution in [3.8, 4) is 0 Å². The van der Waals surface area contributed by atoms with Gasteiger partial charge in [0.15, 0.2) is 5.11 Å². The third-order valence-electron chi connectivity index (χ3n) is 3.81. The van der Waals surface area contributed by atoms with E-state index >= 15 is 0 Å². The summed E-state index contributed by atoms with van der Waals surface area (Å²) in [7, 11) is 1.96. The van der Waals surface area contributed by atoms with Crippen molar-refractivity contribution in [2.45, 2.75) is 44.8 Å². The molecule has 1 aromatic carbocycles. The summed E-state index contributed by atoms with van der Waals surface area (Å²) in [4.78, 5) is 2.00. The highest BCUT2D eigenvalue weighted by atomic mass is 32.1. The fraction of sp³-hybridized carbons (Fsp3) is 0.533. The van der Waals surface area contributed by atoms with Crippen LogP contribution in [-0.4, -0.2) is 34.3 Å². The first-order valence-corrected chi connectivity index (χ1v) is 7.27. The van der Waals surface area contributed by atoms with Crippen molar-refractivity contribution in [2.75, 3.05) is 12.4 Å². The second kappa shape index (κ2) is 6.35. The molecule has 1 aliphatic rings. The number of likely N-dealkylation sites (N-methyl/N-ethyl adjacent to an activating group) is 1. The quantitative estimate of drug-likeness (QED) is 0.815. The van der Waals surface area contributed by atoms with Gasteiger partial charge in [0.05, 0.1) is 12.1 Å². The Morgan fingerprint density at radius 3 is 2.53 bits per heavy atom. The maximum absolute atomic E-state index is 10.1. The SMILES string of the molecule is Cc1ccc(NC(=S)N(C)[C@@H]2CCCC[C@H]2O)cc1. The topological polar surface area (TPSA) is 35.5 Å². The van der Waals surface area contributed by atoms with Gasteiger partial charge in [-0.3, -0.25) is 0 Å². The summed E-state index contributed by atoms with van der Waals surface area (Å²) < 4.78 is 0. The van der Waals surface area contributed by atoms with Gasteiger partial charge in [0.2, 0.25) is 0 Å². The van der Waals surface area contributed by atoms with Gasteiger partial charge in [-0.25, -0.2) is 0 Å². The number of aryl methyl sites for hydroxylation is 1. The third-order valence-corrected chi connectivity index (χ3v) is 4.20. The zero-order chi connectivity index (χ0) is 13.8. The van der Waals surface area contributed by atoms with E-state index < -0.39 is 0 Å². The van der Waals surface area contributed by atoms with Crippen molar-refractivity contribution in [3.05, 3.63) is 29.8 Å². The molecule has 19 heavy (non-hydrogen) atoms. The smallest absolute Gasteiger partial charge is 0.173 e. The molecule has 0 aliphatic heterocycles. The van der Waals surface area contributed by atoms with E-state index in [4.69, 9.17) is 12.2 Å². The molecule has 1 aromatic rings. The van der Waals surface area contributed by atoms with Crippen LogP contribution in [0.2, 0.25) is 0 Å². The van der Waals surface area contributed by atoms with Crippen molar-refractivity contribution in [1.29, 1.82) is 0 Å². The molecule has 104 valence electrons. The van der Waals surface area contributed by atoms with E-state index in [0.717, 1.165) is 24.9 Å². The molecule has 1 aliphatic carbocycles. The zero-order valence-corrected chi connectivity index (χ0v) is 12.4. The molecule has 0 unspecified atom stereocenters. The van der Waals surface area contributed by atoms with Crippen molar-refractivity contribution < 1.29 is 5.11 Å². The largest absolute Gasteiger partial charge is 0.391 e. The fourth-order valence-corrected chi connectivity index (χ4v) is 2.80. The molecule has 2 atom stereocenters. The predicted molar refractivity (Wildman–Crippen MR) is 83.4 cm³/mol. The summed E-state index contributed by atoms with van der Waals surface area (Å²) in [5.74, 6) is 0. The molecule has 1 saturated carbocycles. The number of thiocarbonyl (C=S) groups is 1. The van der Waals surface area contributed by atoms with Crippen LogP contribution in [0.25, 0.3) is 0 Å². The highest BCUT2D eigenvalue weighted by Gasteiger charge is 2.27. The lowest BCUT2D eigenvalue weighted by Crippen LogP contribution is -2.47. The highest BCUT2D eigenvalue weighted by molar-refractivity contribution is 7.80. The molecule has 3 nitrogen and oxygen atoms in total.